The summed E-state index contributed by atoms with van der Waals surface area (Å²) < 4.78 is 5.41. The summed E-state index contributed by atoms with van der Waals surface area (Å²) in [5.41, 5.74) is 5.72. The summed E-state index contributed by atoms with van der Waals surface area (Å²) in [5, 5.41) is 0. The molecule has 2 atom stereocenters. The number of piperidine rings is 1. The van der Waals surface area contributed by atoms with E-state index in [1.54, 1.807) is 0 Å². The van der Waals surface area contributed by atoms with Gasteiger partial charge >= 0.3 is 6.09 Å². The van der Waals surface area contributed by atoms with Crippen molar-refractivity contribution in [2.45, 2.75) is 51.7 Å². The average molecular weight is 240 g/mol. The van der Waals surface area contributed by atoms with Crippen molar-refractivity contribution in [3.8, 4) is 0 Å². The topological polar surface area (TPSA) is 55.6 Å². The third kappa shape index (κ3) is 3.35. The van der Waals surface area contributed by atoms with Crippen molar-refractivity contribution in [1.29, 1.82) is 0 Å². The van der Waals surface area contributed by atoms with Crippen molar-refractivity contribution in [2.75, 3.05) is 13.1 Å². The van der Waals surface area contributed by atoms with Gasteiger partial charge in [-0.25, -0.2) is 4.79 Å². The van der Waals surface area contributed by atoms with Gasteiger partial charge in [0.2, 0.25) is 0 Å². The van der Waals surface area contributed by atoms with Crippen LogP contribution in [0.25, 0.3) is 0 Å². The van der Waals surface area contributed by atoms with E-state index in [4.69, 9.17) is 10.5 Å². The lowest BCUT2D eigenvalue weighted by atomic mass is 9.89. The summed E-state index contributed by atoms with van der Waals surface area (Å²) in [6, 6.07) is 0.265. The Morgan fingerprint density at radius 1 is 1.29 bits per heavy atom. The van der Waals surface area contributed by atoms with Crippen LogP contribution >= 0.6 is 0 Å². The molecule has 17 heavy (non-hydrogen) atoms. The van der Waals surface area contributed by atoms with Crippen molar-refractivity contribution in [1.82, 2.24) is 4.90 Å². The van der Waals surface area contributed by atoms with E-state index in [2.05, 4.69) is 0 Å². The van der Waals surface area contributed by atoms with Gasteiger partial charge in [-0.3, -0.25) is 0 Å². The number of rotatable bonds is 1. The van der Waals surface area contributed by atoms with Gasteiger partial charge in [0.05, 0.1) is 0 Å². The normalized spacial score (nSPS) is 30.2. The number of nitrogens with two attached hydrogens (primary N) is 1. The fourth-order valence-corrected chi connectivity index (χ4v) is 2.52. The SMILES string of the molecule is CC(C)(C)OC(=O)N1CC[C@@H](N)[C@@H](C2CC2)C1. The molecule has 1 aliphatic heterocycles. The first kappa shape index (κ1) is 12.7. The lowest BCUT2D eigenvalue weighted by Crippen LogP contribution is -2.51. The molecule has 1 saturated carbocycles. The first-order valence-corrected chi connectivity index (χ1v) is 6.60. The quantitative estimate of drug-likeness (QED) is 0.762. The second-order valence-electron chi connectivity index (χ2n) is 6.38. The molecule has 4 heteroatoms. The molecule has 0 unspecified atom stereocenters. The van der Waals surface area contributed by atoms with E-state index in [0.29, 0.717) is 5.92 Å². The van der Waals surface area contributed by atoms with Crippen LogP contribution in [0.1, 0.15) is 40.0 Å². The Labute approximate surface area is 103 Å². The standard InChI is InChI=1S/C13H24N2O2/c1-13(2,3)17-12(16)15-7-6-11(14)10(8-15)9-4-5-9/h9-11H,4-8,14H2,1-3H3/t10-,11-/m1/s1. The van der Waals surface area contributed by atoms with Crippen molar-refractivity contribution < 1.29 is 9.53 Å². The molecule has 1 amide bonds. The molecule has 0 aromatic rings. The van der Waals surface area contributed by atoms with Crippen LogP contribution in [-0.4, -0.2) is 35.7 Å². The zero-order valence-electron chi connectivity index (χ0n) is 11.1. The molecule has 2 N–H and O–H groups in total. The summed E-state index contributed by atoms with van der Waals surface area (Å²) in [6.07, 6.45) is 3.27. The molecule has 0 radical (unpaired) electrons. The first-order chi connectivity index (χ1) is 7.87. The van der Waals surface area contributed by atoms with E-state index in [9.17, 15) is 4.79 Å². The highest BCUT2D eigenvalue weighted by atomic mass is 16.6. The second-order valence-corrected chi connectivity index (χ2v) is 6.38. The molecule has 0 aromatic carbocycles. The fourth-order valence-electron chi connectivity index (χ4n) is 2.52. The van der Waals surface area contributed by atoms with Crippen molar-refractivity contribution >= 4 is 6.09 Å². The lowest BCUT2D eigenvalue weighted by molar-refractivity contribution is 0.0134. The molecular weight excluding hydrogens is 216 g/mol. The van der Waals surface area contributed by atoms with Gasteiger partial charge in [-0.1, -0.05) is 0 Å². The Bertz CT molecular complexity index is 294. The van der Waals surface area contributed by atoms with Crippen molar-refractivity contribution in [3.63, 3.8) is 0 Å². The van der Waals surface area contributed by atoms with Crippen LogP contribution < -0.4 is 5.73 Å². The largest absolute Gasteiger partial charge is 0.444 e. The second kappa shape index (κ2) is 4.48. The highest BCUT2D eigenvalue weighted by molar-refractivity contribution is 5.68. The minimum absolute atomic E-state index is 0.185. The van der Waals surface area contributed by atoms with Crippen LogP contribution in [0, 0.1) is 11.8 Å². The smallest absolute Gasteiger partial charge is 0.410 e. The highest BCUT2D eigenvalue weighted by Gasteiger charge is 2.40. The number of ether oxygens (including phenoxy) is 1. The zero-order valence-corrected chi connectivity index (χ0v) is 11.1. The van der Waals surface area contributed by atoms with E-state index in [0.717, 1.165) is 25.4 Å². The van der Waals surface area contributed by atoms with Gasteiger partial charge in [0, 0.05) is 19.1 Å². The first-order valence-electron chi connectivity index (χ1n) is 6.60. The molecule has 98 valence electrons. The minimum atomic E-state index is -0.411. The van der Waals surface area contributed by atoms with Crippen LogP contribution in [0.4, 0.5) is 4.79 Å². The van der Waals surface area contributed by atoms with Gasteiger partial charge in [0.1, 0.15) is 5.60 Å². The number of hydrogen-bond acceptors (Lipinski definition) is 3. The highest BCUT2D eigenvalue weighted by Crippen LogP contribution is 2.40. The van der Waals surface area contributed by atoms with E-state index in [-0.39, 0.29) is 12.1 Å². The molecule has 4 nitrogen and oxygen atoms in total. The molecule has 0 spiro atoms. The van der Waals surface area contributed by atoms with Gasteiger partial charge in [0.15, 0.2) is 0 Å². The number of likely N-dealkylation sites (tertiary alicyclic amines) is 1. The maximum absolute atomic E-state index is 12.0. The van der Waals surface area contributed by atoms with Crippen molar-refractivity contribution in [3.05, 3.63) is 0 Å². The Morgan fingerprint density at radius 3 is 2.47 bits per heavy atom. The number of carbonyl (C=O) groups is 1. The Hall–Kier alpha value is -0.770. The summed E-state index contributed by atoms with van der Waals surface area (Å²) in [6.45, 7) is 7.22. The van der Waals surface area contributed by atoms with E-state index >= 15 is 0 Å². The third-order valence-corrected chi connectivity index (χ3v) is 3.59. The number of carbonyl (C=O) groups excluding carboxylic acids is 1. The Balaban J connectivity index is 1.91. The molecule has 2 fully saturated rings. The van der Waals surface area contributed by atoms with Crippen LogP contribution in [0.15, 0.2) is 0 Å². The van der Waals surface area contributed by atoms with Crippen molar-refractivity contribution in [2.24, 2.45) is 17.6 Å². The Kier molecular flexibility index (Phi) is 3.34. The molecule has 0 aromatic heterocycles. The zero-order chi connectivity index (χ0) is 12.6. The lowest BCUT2D eigenvalue weighted by Gasteiger charge is -2.37. The molecule has 0 bridgehead atoms. The fraction of sp³-hybridized carbons (Fsp3) is 0.923. The van der Waals surface area contributed by atoms with Crippen LogP contribution in [0.5, 0.6) is 0 Å². The van der Waals surface area contributed by atoms with Crippen LogP contribution in [0.2, 0.25) is 0 Å². The molecule has 2 rings (SSSR count). The monoisotopic (exact) mass is 240 g/mol. The summed E-state index contributed by atoms with van der Waals surface area (Å²) in [7, 11) is 0. The average Bonchev–Trinajstić information content (AvgIpc) is 2.99. The maximum atomic E-state index is 12.0. The number of nitrogens with zero attached hydrogens (tertiary/aromatic N) is 1. The van der Waals surface area contributed by atoms with E-state index in [1.165, 1.54) is 12.8 Å². The molecule has 2 aliphatic rings. The van der Waals surface area contributed by atoms with Gasteiger partial charge in [-0.05, 0) is 51.9 Å². The predicted molar refractivity (Wildman–Crippen MR) is 66.6 cm³/mol. The molecule has 1 aliphatic carbocycles. The molecular formula is C13H24N2O2. The summed E-state index contributed by atoms with van der Waals surface area (Å²) >= 11 is 0. The predicted octanol–water partition coefficient (Wildman–Crippen LogP) is 1.98. The minimum Gasteiger partial charge on any atom is -0.444 e. The number of amides is 1. The van der Waals surface area contributed by atoms with Gasteiger partial charge in [0.25, 0.3) is 0 Å². The molecule has 1 saturated heterocycles. The molecule has 1 heterocycles. The van der Waals surface area contributed by atoms with Gasteiger partial charge in [-0.2, -0.15) is 0 Å². The Morgan fingerprint density at radius 2 is 1.94 bits per heavy atom. The van der Waals surface area contributed by atoms with E-state index < -0.39 is 5.60 Å². The van der Waals surface area contributed by atoms with Crippen LogP contribution in [-0.2, 0) is 4.74 Å². The van der Waals surface area contributed by atoms with Crippen LogP contribution in [0.3, 0.4) is 0 Å². The third-order valence-electron chi connectivity index (χ3n) is 3.59. The summed E-state index contributed by atoms with van der Waals surface area (Å²) in [5.74, 6) is 1.23. The summed E-state index contributed by atoms with van der Waals surface area (Å²) in [4.78, 5) is 13.8. The van der Waals surface area contributed by atoms with Gasteiger partial charge in [-0.15, -0.1) is 0 Å². The van der Waals surface area contributed by atoms with E-state index in [1.807, 2.05) is 25.7 Å². The van der Waals surface area contributed by atoms with Gasteiger partial charge < -0.3 is 15.4 Å². The number of hydrogen-bond donors (Lipinski definition) is 1. The maximum Gasteiger partial charge on any atom is 0.410 e.